The fraction of sp³-hybridized carbons (Fsp3) is 0.364. The Hall–Kier alpha value is -3.31. The number of nitrogens with one attached hydrogen (secondary N) is 2. The number of aliphatic hydroxyl groups excluding tert-OH is 1. The molecule has 11 heteroatoms. The molecule has 0 unspecified atom stereocenters. The summed E-state index contributed by atoms with van der Waals surface area (Å²) in [4.78, 5) is 27.5. The van der Waals surface area contributed by atoms with Gasteiger partial charge in [0.1, 0.15) is 6.04 Å². The van der Waals surface area contributed by atoms with Crippen LogP contribution in [0.15, 0.2) is 48.5 Å². The molecule has 0 spiro atoms. The molecule has 2 aromatic carbocycles. The minimum Gasteiger partial charge on any atom is -0.391 e. The molecule has 4 N–H and O–H groups in total. The fourth-order valence-corrected chi connectivity index (χ4v) is 3.61. The van der Waals surface area contributed by atoms with E-state index in [1.54, 1.807) is 18.2 Å². The molecule has 1 saturated heterocycles. The van der Waals surface area contributed by atoms with E-state index in [1.807, 2.05) is 17.0 Å². The fourth-order valence-electron chi connectivity index (χ4n) is 3.61. The van der Waals surface area contributed by atoms with Gasteiger partial charge in [0.25, 0.3) is 5.91 Å². The highest BCUT2D eigenvalue weighted by Crippen LogP contribution is 2.32. The van der Waals surface area contributed by atoms with Gasteiger partial charge in [-0.2, -0.15) is 13.2 Å². The minimum absolute atomic E-state index is 0.356. The van der Waals surface area contributed by atoms with Crippen LogP contribution in [0.2, 0.25) is 0 Å². The molecule has 0 aliphatic carbocycles. The average Bonchev–Trinajstić information content (AvgIpc) is 2.81. The summed E-state index contributed by atoms with van der Waals surface area (Å²) in [6.45, 7) is 3.04. The van der Waals surface area contributed by atoms with E-state index in [0.29, 0.717) is 37.3 Å². The van der Waals surface area contributed by atoms with Crippen LogP contribution in [-0.2, 0) is 11.0 Å². The zero-order valence-electron chi connectivity index (χ0n) is 17.8. The highest BCUT2D eigenvalue weighted by atomic mass is 19.4. The first kappa shape index (κ1) is 24.3. The lowest BCUT2D eigenvalue weighted by Gasteiger charge is -2.36. The molecule has 3 rings (SSSR count). The number of halogens is 3. The molecule has 8 nitrogen and oxygen atoms in total. The maximum absolute atomic E-state index is 13.0. The van der Waals surface area contributed by atoms with E-state index in [2.05, 4.69) is 5.32 Å². The summed E-state index contributed by atoms with van der Waals surface area (Å²) in [6, 6.07) is 10.5. The SMILES string of the molecule is C[C@H](O)[C@@H](NC(=O)N1CCN(c2ccc(-c3cccc(C(F)(F)F)c3)cc2)CC1)C(=O)NO. The number of carbonyl (C=O) groups excluding carboxylic acids is 2. The maximum Gasteiger partial charge on any atom is 0.416 e. The van der Waals surface area contributed by atoms with Crippen molar-refractivity contribution in [1.29, 1.82) is 0 Å². The van der Waals surface area contributed by atoms with Crippen LogP contribution in [0.5, 0.6) is 0 Å². The largest absolute Gasteiger partial charge is 0.416 e. The van der Waals surface area contributed by atoms with Gasteiger partial charge >= 0.3 is 12.2 Å². The summed E-state index contributed by atoms with van der Waals surface area (Å²) >= 11 is 0. The first-order chi connectivity index (χ1) is 15.6. The third-order valence-electron chi connectivity index (χ3n) is 5.48. The summed E-state index contributed by atoms with van der Waals surface area (Å²) < 4.78 is 38.9. The molecule has 2 aromatic rings. The quantitative estimate of drug-likeness (QED) is 0.400. The van der Waals surface area contributed by atoms with Crippen molar-refractivity contribution in [1.82, 2.24) is 15.7 Å². The lowest BCUT2D eigenvalue weighted by atomic mass is 10.0. The van der Waals surface area contributed by atoms with E-state index in [-0.39, 0.29) is 0 Å². The molecule has 178 valence electrons. The molecule has 33 heavy (non-hydrogen) atoms. The zero-order chi connectivity index (χ0) is 24.2. The lowest BCUT2D eigenvalue weighted by Crippen LogP contribution is -2.58. The highest BCUT2D eigenvalue weighted by Gasteiger charge is 2.31. The predicted octanol–water partition coefficient (Wildman–Crippen LogP) is 2.46. The molecule has 0 bridgehead atoms. The molecule has 1 fully saturated rings. The van der Waals surface area contributed by atoms with Crippen LogP contribution in [0, 0.1) is 0 Å². The van der Waals surface area contributed by atoms with E-state index in [0.717, 1.165) is 17.8 Å². The number of urea groups is 1. The van der Waals surface area contributed by atoms with Gasteiger partial charge < -0.3 is 20.2 Å². The van der Waals surface area contributed by atoms with Crippen LogP contribution in [0.25, 0.3) is 11.1 Å². The number of piperazine rings is 1. The molecule has 0 saturated carbocycles. The van der Waals surface area contributed by atoms with Gasteiger partial charge in [0.15, 0.2) is 0 Å². The van der Waals surface area contributed by atoms with Crippen LogP contribution >= 0.6 is 0 Å². The number of carbonyl (C=O) groups is 2. The second-order valence-electron chi connectivity index (χ2n) is 7.74. The summed E-state index contributed by atoms with van der Waals surface area (Å²) in [5.74, 6) is -0.919. The normalized spacial score (nSPS) is 16.2. The van der Waals surface area contributed by atoms with Crippen molar-refractivity contribution in [2.24, 2.45) is 0 Å². The van der Waals surface area contributed by atoms with Gasteiger partial charge in [-0.25, -0.2) is 10.3 Å². The number of hydrogen-bond acceptors (Lipinski definition) is 5. The minimum atomic E-state index is -4.40. The van der Waals surface area contributed by atoms with Gasteiger partial charge in [0.2, 0.25) is 0 Å². The summed E-state index contributed by atoms with van der Waals surface area (Å²) in [5, 5.41) is 20.8. The van der Waals surface area contributed by atoms with Crippen molar-refractivity contribution >= 4 is 17.6 Å². The third-order valence-corrected chi connectivity index (χ3v) is 5.48. The number of rotatable bonds is 5. The Labute approximate surface area is 188 Å². The van der Waals surface area contributed by atoms with Crippen molar-refractivity contribution in [3.05, 3.63) is 54.1 Å². The molecular weight excluding hydrogens is 441 g/mol. The molecule has 3 amide bonds. The Kier molecular flexibility index (Phi) is 7.44. The van der Waals surface area contributed by atoms with E-state index >= 15 is 0 Å². The Morgan fingerprint density at radius 3 is 2.18 bits per heavy atom. The van der Waals surface area contributed by atoms with Crippen molar-refractivity contribution < 1.29 is 33.1 Å². The molecular formula is C22H25F3N4O4. The van der Waals surface area contributed by atoms with E-state index in [1.165, 1.54) is 23.4 Å². The topological polar surface area (TPSA) is 105 Å². The third kappa shape index (κ3) is 5.93. The first-order valence-corrected chi connectivity index (χ1v) is 10.3. The van der Waals surface area contributed by atoms with Crippen LogP contribution in [0.3, 0.4) is 0 Å². The van der Waals surface area contributed by atoms with Gasteiger partial charge in [0, 0.05) is 31.9 Å². The highest BCUT2D eigenvalue weighted by molar-refractivity contribution is 5.87. The maximum atomic E-state index is 13.0. The second-order valence-corrected chi connectivity index (χ2v) is 7.74. The second kappa shape index (κ2) is 10.1. The molecule has 1 aliphatic rings. The van der Waals surface area contributed by atoms with E-state index in [9.17, 15) is 27.9 Å². The van der Waals surface area contributed by atoms with Gasteiger partial charge in [-0.3, -0.25) is 10.0 Å². The smallest absolute Gasteiger partial charge is 0.391 e. The van der Waals surface area contributed by atoms with Gasteiger partial charge in [0.05, 0.1) is 11.7 Å². The molecule has 0 aromatic heterocycles. The van der Waals surface area contributed by atoms with Gasteiger partial charge in [-0.1, -0.05) is 24.3 Å². The molecule has 0 radical (unpaired) electrons. The van der Waals surface area contributed by atoms with E-state index in [4.69, 9.17) is 5.21 Å². The number of benzene rings is 2. The number of anilines is 1. The number of hydrogen-bond donors (Lipinski definition) is 4. The summed E-state index contributed by atoms with van der Waals surface area (Å²) in [5.41, 5.74) is 2.71. The predicted molar refractivity (Wildman–Crippen MR) is 115 cm³/mol. The van der Waals surface area contributed by atoms with Crippen molar-refractivity contribution in [3.63, 3.8) is 0 Å². The molecule has 2 atom stereocenters. The van der Waals surface area contributed by atoms with Crippen LogP contribution < -0.4 is 15.7 Å². The summed E-state index contributed by atoms with van der Waals surface area (Å²) in [7, 11) is 0. The van der Waals surface area contributed by atoms with Gasteiger partial charge in [-0.15, -0.1) is 0 Å². The Morgan fingerprint density at radius 2 is 1.64 bits per heavy atom. The number of nitrogens with zero attached hydrogens (tertiary/aromatic N) is 2. The number of hydroxylamine groups is 1. The van der Waals surface area contributed by atoms with Crippen molar-refractivity contribution in [3.8, 4) is 11.1 Å². The number of alkyl halides is 3. The Bertz CT molecular complexity index is 974. The average molecular weight is 466 g/mol. The standard InChI is InChI=1S/C22H25F3N4O4/c1-14(30)19(20(31)27-33)26-21(32)29-11-9-28(10-12-29)18-7-5-15(6-8-18)16-3-2-4-17(13-16)22(23,24)25/h2-8,13-14,19,30,33H,9-12H2,1H3,(H,26,32)(H,27,31)/t14-,19+/m0/s1. The van der Waals surface area contributed by atoms with Crippen molar-refractivity contribution in [2.75, 3.05) is 31.1 Å². The van der Waals surface area contributed by atoms with Crippen LogP contribution in [0.1, 0.15) is 12.5 Å². The Balaban J connectivity index is 1.60. The van der Waals surface area contributed by atoms with E-state index < -0.39 is 35.8 Å². The first-order valence-electron chi connectivity index (χ1n) is 10.3. The zero-order valence-corrected chi connectivity index (χ0v) is 17.8. The number of aliphatic hydroxyl groups is 1. The Morgan fingerprint density at radius 1 is 1.00 bits per heavy atom. The number of amides is 3. The van der Waals surface area contributed by atoms with Crippen LogP contribution in [-0.4, -0.2) is 65.5 Å². The monoisotopic (exact) mass is 466 g/mol. The van der Waals surface area contributed by atoms with Crippen LogP contribution in [0.4, 0.5) is 23.7 Å². The lowest BCUT2D eigenvalue weighted by molar-refractivity contribution is -0.137. The van der Waals surface area contributed by atoms with Crippen molar-refractivity contribution in [2.45, 2.75) is 25.2 Å². The summed E-state index contributed by atoms with van der Waals surface area (Å²) in [6.07, 6.45) is -5.60. The van der Waals surface area contributed by atoms with Gasteiger partial charge in [-0.05, 0) is 42.3 Å². The molecule has 1 heterocycles. The molecule has 1 aliphatic heterocycles.